The zero-order valence-electron chi connectivity index (χ0n) is 8.66. The highest BCUT2D eigenvalue weighted by Gasteiger charge is 2.48. The van der Waals surface area contributed by atoms with Crippen molar-refractivity contribution in [3.8, 4) is 5.75 Å². The summed E-state index contributed by atoms with van der Waals surface area (Å²) in [5.41, 5.74) is -1.01. The second-order valence-electron chi connectivity index (χ2n) is 3.60. The van der Waals surface area contributed by atoms with E-state index in [4.69, 9.17) is 5.11 Å². The summed E-state index contributed by atoms with van der Waals surface area (Å²) in [6, 6.07) is 3.46. The fourth-order valence-electron chi connectivity index (χ4n) is 1.61. The molecule has 1 atom stereocenters. The van der Waals surface area contributed by atoms with Crippen molar-refractivity contribution >= 4 is 12.0 Å². The van der Waals surface area contributed by atoms with Gasteiger partial charge >= 0.3 is 12.1 Å². The Kier molecular flexibility index (Phi) is 2.76. The van der Waals surface area contributed by atoms with E-state index < -0.39 is 35.4 Å². The molecule has 1 N–H and O–H groups in total. The molecule has 7 heteroatoms. The molecule has 2 rings (SSSR count). The molecule has 96 valence electrons. The molecule has 18 heavy (non-hydrogen) atoms. The molecule has 0 radical (unpaired) electrons. The van der Waals surface area contributed by atoms with E-state index in [-0.39, 0.29) is 5.56 Å². The Hall–Kier alpha value is -2.05. The van der Waals surface area contributed by atoms with Gasteiger partial charge in [-0.2, -0.15) is 13.2 Å². The third-order valence-corrected chi connectivity index (χ3v) is 2.37. The predicted octanol–water partition coefficient (Wildman–Crippen LogP) is 2.62. The lowest BCUT2D eigenvalue weighted by Crippen LogP contribution is -2.40. The molecule has 1 heterocycles. The number of benzene rings is 1. The summed E-state index contributed by atoms with van der Waals surface area (Å²) >= 11 is 0. The van der Waals surface area contributed by atoms with Gasteiger partial charge in [-0.05, 0) is 12.1 Å². The minimum atomic E-state index is -4.93. The fourth-order valence-corrected chi connectivity index (χ4v) is 1.61. The maximum absolute atomic E-state index is 13.3. The van der Waals surface area contributed by atoms with Gasteiger partial charge in [0.1, 0.15) is 0 Å². The van der Waals surface area contributed by atoms with Crippen molar-refractivity contribution in [1.82, 2.24) is 0 Å². The quantitative estimate of drug-likeness (QED) is 0.791. The van der Waals surface area contributed by atoms with Gasteiger partial charge < -0.3 is 9.84 Å². The van der Waals surface area contributed by atoms with E-state index in [1.54, 1.807) is 0 Å². The van der Waals surface area contributed by atoms with Gasteiger partial charge in [-0.25, -0.2) is 9.18 Å². The number of rotatable bonds is 1. The first kappa shape index (κ1) is 12.4. The van der Waals surface area contributed by atoms with Gasteiger partial charge in [0, 0.05) is 5.56 Å². The monoisotopic (exact) mass is 262 g/mol. The Morgan fingerprint density at radius 1 is 1.33 bits per heavy atom. The first-order valence-electron chi connectivity index (χ1n) is 4.77. The van der Waals surface area contributed by atoms with Gasteiger partial charge in [-0.1, -0.05) is 12.1 Å². The Morgan fingerprint density at radius 3 is 2.56 bits per heavy atom. The van der Waals surface area contributed by atoms with Crippen LogP contribution in [0.4, 0.5) is 17.6 Å². The molecule has 1 aromatic carbocycles. The van der Waals surface area contributed by atoms with E-state index in [0.717, 1.165) is 12.1 Å². The molecule has 0 spiro atoms. The average Bonchev–Trinajstić information content (AvgIpc) is 2.26. The maximum atomic E-state index is 13.3. The van der Waals surface area contributed by atoms with Gasteiger partial charge in [0.25, 0.3) is 0 Å². The van der Waals surface area contributed by atoms with Crippen LogP contribution in [0.25, 0.3) is 6.08 Å². The number of ether oxygens (including phenoxy) is 1. The molecule has 0 bridgehead atoms. The molecule has 0 unspecified atom stereocenters. The Labute approximate surface area is 98.3 Å². The van der Waals surface area contributed by atoms with Crippen LogP contribution in [0.2, 0.25) is 0 Å². The number of para-hydroxylation sites is 1. The SMILES string of the molecule is O=C(O)C1=Cc2cccc(F)c2O[C@@H]1C(F)(F)F. The highest BCUT2D eigenvalue weighted by molar-refractivity contribution is 5.95. The first-order chi connectivity index (χ1) is 8.30. The van der Waals surface area contributed by atoms with Crippen molar-refractivity contribution < 1.29 is 32.2 Å². The van der Waals surface area contributed by atoms with Crippen LogP contribution < -0.4 is 4.74 Å². The van der Waals surface area contributed by atoms with Crippen LogP contribution in [0.1, 0.15) is 5.56 Å². The molecule has 1 aliphatic heterocycles. The van der Waals surface area contributed by atoms with Crippen molar-refractivity contribution in [2.24, 2.45) is 0 Å². The van der Waals surface area contributed by atoms with Crippen molar-refractivity contribution in [2.45, 2.75) is 12.3 Å². The second kappa shape index (κ2) is 4.01. The summed E-state index contributed by atoms with van der Waals surface area (Å²) in [5.74, 6) is -3.32. The van der Waals surface area contributed by atoms with Gasteiger partial charge in [0.05, 0.1) is 5.57 Å². The number of halogens is 4. The number of carboxylic acids is 1. The van der Waals surface area contributed by atoms with Crippen molar-refractivity contribution in [3.05, 3.63) is 35.2 Å². The van der Waals surface area contributed by atoms with Crippen LogP contribution in [0.3, 0.4) is 0 Å². The van der Waals surface area contributed by atoms with E-state index in [1.807, 2.05) is 0 Å². The number of carboxylic acid groups (broad SMARTS) is 1. The van der Waals surface area contributed by atoms with Crippen LogP contribution in [-0.2, 0) is 4.79 Å². The molecule has 0 fully saturated rings. The number of fused-ring (bicyclic) bond motifs is 1. The van der Waals surface area contributed by atoms with Gasteiger partial charge in [-0.3, -0.25) is 0 Å². The number of carbonyl (C=O) groups is 1. The summed E-state index contributed by atoms with van der Waals surface area (Å²) in [5, 5.41) is 8.72. The minimum absolute atomic E-state index is 0.0344. The highest BCUT2D eigenvalue weighted by atomic mass is 19.4. The summed E-state index contributed by atoms with van der Waals surface area (Å²) in [7, 11) is 0. The molecule has 0 saturated carbocycles. The summed E-state index contributed by atoms with van der Waals surface area (Å²) < 4.78 is 55.6. The van der Waals surface area contributed by atoms with E-state index in [1.165, 1.54) is 12.1 Å². The van der Waals surface area contributed by atoms with Crippen molar-refractivity contribution in [3.63, 3.8) is 0 Å². The maximum Gasteiger partial charge on any atom is 0.430 e. The summed E-state index contributed by atoms with van der Waals surface area (Å²) in [6.07, 6.45) is -6.83. The molecular weight excluding hydrogens is 256 g/mol. The number of hydrogen-bond acceptors (Lipinski definition) is 2. The molecule has 0 saturated heterocycles. The second-order valence-corrected chi connectivity index (χ2v) is 3.60. The molecule has 1 aromatic rings. The predicted molar refractivity (Wildman–Crippen MR) is 52.5 cm³/mol. The standard InChI is InChI=1S/C11H6F4O3/c12-7-3-1-2-5-4-6(10(16)17)9(11(13,14)15)18-8(5)7/h1-4,9H,(H,16,17)/t9-/m0/s1. The van der Waals surface area contributed by atoms with Crippen LogP contribution in [0, 0.1) is 5.82 Å². The van der Waals surface area contributed by atoms with Crippen molar-refractivity contribution in [1.29, 1.82) is 0 Å². The molecule has 0 amide bonds. The van der Waals surface area contributed by atoms with Gasteiger partial charge in [0.2, 0.25) is 6.10 Å². The Bertz CT molecular complexity index is 534. The third kappa shape index (κ3) is 2.03. The molecule has 0 aliphatic carbocycles. The van der Waals surface area contributed by atoms with Crippen LogP contribution in [-0.4, -0.2) is 23.4 Å². The zero-order valence-corrected chi connectivity index (χ0v) is 8.66. The number of alkyl halides is 3. The molecule has 1 aliphatic rings. The number of aliphatic carboxylic acids is 1. The van der Waals surface area contributed by atoms with E-state index in [0.29, 0.717) is 0 Å². The van der Waals surface area contributed by atoms with Gasteiger partial charge in [-0.15, -0.1) is 0 Å². The Morgan fingerprint density at radius 2 is 2.00 bits per heavy atom. The highest BCUT2D eigenvalue weighted by Crippen LogP contribution is 2.38. The molecule has 0 aromatic heterocycles. The molecular formula is C11H6F4O3. The first-order valence-corrected chi connectivity index (χ1v) is 4.77. The lowest BCUT2D eigenvalue weighted by Gasteiger charge is -2.27. The third-order valence-electron chi connectivity index (χ3n) is 2.37. The van der Waals surface area contributed by atoms with Crippen LogP contribution >= 0.6 is 0 Å². The molecule has 3 nitrogen and oxygen atoms in total. The normalized spacial score (nSPS) is 18.7. The Balaban J connectivity index is 2.57. The van der Waals surface area contributed by atoms with Crippen LogP contribution in [0.15, 0.2) is 23.8 Å². The van der Waals surface area contributed by atoms with E-state index >= 15 is 0 Å². The van der Waals surface area contributed by atoms with E-state index in [2.05, 4.69) is 4.74 Å². The fraction of sp³-hybridized carbons (Fsp3) is 0.182. The number of hydrogen-bond donors (Lipinski definition) is 1. The van der Waals surface area contributed by atoms with Crippen molar-refractivity contribution in [2.75, 3.05) is 0 Å². The van der Waals surface area contributed by atoms with Crippen LogP contribution in [0.5, 0.6) is 5.75 Å². The smallest absolute Gasteiger partial charge is 0.430 e. The van der Waals surface area contributed by atoms with E-state index in [9.17, 15) is 22.4 Å². The lowest BCUT2D eigenvalue weighted by molar-refractivity contribution is -0.187. The summed E-state index contributed by atoms with van der Waals surface area (Å²) in [6.45, 7) is 0. The average molecular weight is 262 g/mol. The summed E-state index contributed by atoms with van der Waals surface area (Å²) in [4.78, 5) is 10.8. The largest absolute Gasteiger partial charge is 0.478 e. The topological polar surface area (TPSA) is 46.5 Å². The zero-order chi connectivity index (χ0) is 13.5. The van der Waals surface area contributed by atoms with Gasteiger partial charge in [0.15, 0.2) is 11.6 Å². The lowest BCUT2D eigenvalue weighted by atomic mass is 10.0. The minimum Gasteiger partial charge on any atom is -0.478 e.